The van der Waals surface area contributed by atoms with Gasteiger partial charge in [0, 0.05) is 12.3 Å². The Morgan fingerprint density at radius 3 is 2.31 bits per heavy atom. The van der Waals surface area contributed by atoms with Crippen molar-refractivity contribution in [3.05, 3.63) is 0 Å². The molecule has 0 rings (SSSR count). The molecule has 0 saturated heterocycles. The Kier molecular flexibility index (Phi) is 3.87. The van der Waals surface area contributed by atoms with Crippen molar-refractivity contribution >= 4 is 11.9 Å². The number of rotatable bonds is 4. The topological polar surface area (TPSA) is 89.6 Å². The van der Waals surface area contributed by atoms with E-state index in [9.17, 15) is 14.7 Å². The summed E-state index contributed by atoms with van der Waals surface area (Å²) in [7, 11) is 0. The number of nitrogens with two attached hydrogens (primary N) is 1. The first-order chi connectivity index (χ1) is 5.77. The van der Waals surface area contributed by atoms with Crippen LogP contribution in [-0.2, 0) is 14.3 Å². The second-order valence-electron chi connectivity index (χ2n) is 3.57. The molecule has 0 aliphatic heterocycles. The average molecular weight is 189 g/mol. The number of esters is 1. The van der Waals surface area contributed by atoms with Crippen molar-refractivity contribution in [2.45, 2.75) is 26.9 Å². The Morgan fingerprint density at radius 2 is 2.00 bits per heavy atom. The lowest BCUT2D eigenvalue weighted by Gasteiger charge is -2.27. The molecule has 0 saturated carbocycles. The zero-order valence-corrected chi connectivity index (χ0v) is 8.03. The third kappa shape index (κ3) is 3.89. The standard InChI is InChI=1S/C8H15NO4/c1-5(10)13-4-8(2,3)6(11)7(9)12/h6,11H,4H2,1-3H3,(H2,9,12)/t6-/m0/s1. The van der Waals surface area contributed by atoms with Crippen LogP contribution >= 0.6 is 0 Å². The molecule has 5 nitrogen and oxygen atoms in total. The van der Waals surface area contributed by atoms with E-state index in [0.717, 1.165) is 0 Å². The number of aliphatic hydroxyl groups is 1. The molecule has 0 unspecified atom stereocenters. The van der Waals surface area contributed by atoms with Gasteiger partial charge in [0.15, 0.2) is 0 Å². The van der Waals surface area contributed by atoms with Gasteiger partial charge < -0.3 is 15.6 Å². The third-order valence-electron chi connectivity index (χ3n) is 1.66. The number of carbonyl (C=O) groups excluding carboxylic acids is 2. The predicted molar refractivity (Wildman–Crippen MR) is 45.6 cm³/mol. The van der Waals surface area contributed by atoms with Crippen LogP contribution in [0.1, 0.15) is 20.8 Å². The van der Waals surface area contributed by atoms with Gasteiger partial charge in [-0.1, -0.05) is 13.8 Å². The van der Waals surface area contributed by atoms with Crippen LogP contribution < -0.4 is 5.73 Å². The Bertz CT molecular complexity index is 212. The van der Waals surface area contributed by atoms with Crippen molar-refractivity contribution in [2.24, 2.45) is 11.1 Å². The Morgan fingerprint density at radius 1 is 1.54 bits per heavy atom. The van der Waals surface area contributed by atoms with Crippen LogP contribution in [0.2, 0.25) is 0 Å². The van der Waals surface area contributed by atoms with E-state index < -0.39 is 23.4 Å². The van der Waals surface area contributed by atoms with E-state index in [1.807, 2.05) is 0 Å². The van der Waals surface area contributed by atoms with E-state index in [4.69, 9.17) is 5.73 Å². The maximum atomic E-state index is 10.6. The van der Waals surface area contributed by atoms with Crippen LogP contribution in [0.4, 0.5) is 0 Å². The summed E-state index contributed by atoms with van der Waals surface area (Å²) in [5, 5.41) is 9.30. The number of amides is 1. The van der Waals surface area contributed by atoms with E-state index in [0.29, 0.717) is 0 Å². The minimum atomic E-state index is -1.31. The molecular formula is C8H15NO4. The highest BCUT2D eigenvalue weighted by Crippen LogP contribution is 2.20. The van der Waals surface area contributed by atoms with Crippen LogP contribution in [0.25, 0.3) is 0 Å². The van der Waals surface area contributed by atoms with Crippen molar-refractivity contribution in [3.8, 4) is 0 Å². The predicted octanol–water partition coefficient (Wildman–Crippen LogP) is -0.578. The van der Waals surface area contributed by atoms with Crippen LogP contribution in [0, 0.1) is 5.41 Å². The average Bonchev–Trinajstić information content (AvgIpc) is 1.99. The summed E-state index contributed by atoms with van der Waals surface area (Å²) in [4.78, 5) is 21.1. The fourth-order valence-corrected chi connectivity index (χ4v) is 0.752. The third-order valence-corrected chi connectivity index (χ3v) is 1.66. The van der Waals surface area contributed by atoms with Gasteiger partial charge in [0.25, 0.3) is 0 Å². The van der Waals surface area contributed by atoms with Gasteiger partial charge >= 0.3 is 5.97 Å². The van der Waals surface area contributed by atoms with E-state index in [2.05, 4.69) is 4.74 Å². The normalized spacial score (nSPS) is 13.5. The minimum absolute atomic E-state index is 0.0353. The molecule has 0 fully saturated rings. The van der Waals surface area contributed by atoms with Gasteiger partial charge in [-0.2, -0.15) is 0 Å². The van der Waals surface area contributed by atoms with Gasteiger partial charge in [-0.05, 0) is 0 Å². The highest BCUT2D eigenvalue weighted by molar-refractivity contribution is 5.79. The molecule has 0 heterocycles. The molecule has 0 aromatic heterocycles. The zero-order chi connectivity index (χ0) is 10.6. The largest absolute Gasteiger partial charge is 0.465 e. The van der Waals surface area contributed by atoms with Crippen molar-refractivity contribution in [3.63, 3.8) is 0 Å². The molecule has 13 heavy (non-hydrogen) atoms. The Labute approximate surface area is 76.9 Å². The van der Waals surface area contributed by atoms with E-state index in [-0.39, 0.29) is 6.61 Å². The van der Waals surface area contributed by atoms with Gasteiger partial charge in [-0.15, -0.1) is 0 Å². The maximum Gasteiger partial charge on any atom is 0.302 e. The first kappa shape index (κ1) is 11.9. The van der Waals surface area contributed by atoms with Crippen LogP contribution in [0.5, 0.6) is 0 Å². The number of primary amides is 1. The summed E-state index contributed by atoms with van der Waals surface area (Å²) in [6, 6.07) is 0. The Hall–Kier alpha value is -1.10. The number of ether oxygens (including phenoxy) is 1. The molecule has 0 aliphatic carbocycles. The number of aliphatic hydroxyl groups excluding tert-OH is 1. The number of hydrogen-bond donors (Lipinski definition) is 2. The minimum Gasteiger partial charge on any atom is -0.465 e. The lowest BCUT2D eigenvalue weighted by molar-refractivity contribution is -0.150. The zero-order valence-electron chi connectivity index (χ0n) is 8.03. The molecule has 0 radical (unpaired) electrons. The maximum absolute atomic E-state index is 10.6. The first-order valence-corrected chi connectivity index (χ1v) is 3.88. The van der Waals surface area contributed by atoms with Crippen molar-refractivity contribution in [1.82, 2.24) is 0 Å². The van der Waals surface area contributed by atoms with Gasteiger partial charge in [0.2, 0.25) is 5.91 Å². The lowest BCUT2D eigenvalue weighted by Crippen LogP contribution is -2.43. The van der Waals surface area contributed by atoms with Gasteiger partial charge in [0.05, 0.1) is 6.61 Å². The van der Waals surface area contributed by atoms with Crippen LogP contribution in [0.3, 0.4) is 0 Å². The smallest absolute Gasteiger partial charge is 0.302 e. The fourth-order valence-electron chi connectivity index (χ4n) is 0.752. The van der Waals surface area contributed by atoms with Crippen molar-refractivity contribution < 1.29 is 19.4 Å². The summed E-state index contributed by atoms with van der Waals surface area (Å²) >= 11 is 0. The molecule has 3 N–H and O–H groups in total. The summed E-state index contributed by atoms with van der Waals surface area (Å²) in [5.41, 5.74) is 4.05. The number of hydrogen-bond acceptors (Lipinski definition) is 4. The van der Waals surface area contributed by atoms with E-state index in [1.54, 1.807) is 13.8 Å². The second-order valence-corrected chi connectivity index (χ2v) is 3.57. The van der Waals surface area contributed by atoms with Crippen molar-refractivity contribution in [2.75, 3.05) is 6.61 Å². The number of carbonyl (C=O) groups is 2. The molecule has 0 aliphatic rings. The molecule has 0 bridgehead atoms. The highest BCUT2D eigenvalue weighted by Gasteiger charge is 2.33. The molecule has 1 amide bonds. The van der Waals surface area contributed by atoms with Gasteiger partial charge in [0.1, 0.15) is 6.10 Å². The summed E-state index contributed by atoms with van der Waals surface area (Å²) in [5.74, 6) is -1.28. The molecule has 76 valence electrons. The van der Waals surface area contributed by atoms with Crippen LogP contribution in [-0.4, -0.2) is 29.7 Å². The quantitative estimate of drug-likeness (QED) is 0.579. The van der Waals surface area contributed by atoms with E-state index in [1.165, 1.54) is 6.92 Å². The lowest BCUT2D eigenvalue weighted by atomic mass is 9.87. The first-order valence-electron chi connectivity index (χ1n) is 3.88. The molecule has 5 heteroatoms. The van der Waals surface area contributed by atoms with Crippen molar-refractivity contribution in [1.29, 1.82) is 0 Å². The summed E-state index contributed by atoms with van der Waals surface area (Å²) < 4.78 is 4.67. The van der Waals surface area contributed by atoms with Gasteiger partial charge in [-0.3, -0.25) is 9.59 Å². The van der Waals surface area contributed by atoms with E-state index >= 15 is 0 Å². The molecular weight excluding hydrogens is 174 g/mol. The molecule has 0 spiro atoms. The summed E-state index contributed by atoms with van der Waals surface area (Å²) in [6.45, 7) is 4.40. The fraction of sp³-hybridized carbons (Fsp3) is 0.750. The highest BCUT2D eigenvalue weighted by atomic mass is 16.5. The SMILES string of the molecule is CC(=O)OCC(C)(C)[C@@H](O)C(N)=O. The molecule has 0 aromatic rings. The second kappa shape index (κ2) is 4.23. The van der Waals surface area contributed by atoms with Crippen LogP contribution in [0.15, 0.2) is 0 Å². The van der Waals surface area contributed by atoms with Gasteiger partial charge in [-0.25, -0.2) is 0 Å². The molecule has 0 aromatic carbocycles. The Balaban J connectivity index is 4.21. The monoisotopic (exact) mass is 189 g/mol. The molecule has 1 atom stereocenters. The summed E-state index contributed by atoms with van der Waals surface area (Å²) in [6.07, 6.45) is -1.31.